The summed E-state index contributed by atoms with van der Waals surface area (Å²) >= 11 is 0. The fourth-order valence-corrected chi connectivity index (χ4v) is 3.74. The topological polar surface area (TPSA) is 61.2 Å². The molecule has 6 nitrogen and oxygen atoms in total. The lowest BCUT2D eigenvalue weighted by Crippen LogP contribution is -2.35. The van der Waals surface area contributed by atoms with Gasteiger partial charge in [0, 0.05) is 43.2 Å². The van der Waals surface area contributed by atoms with E-state index in [2.05, 4.69) is 19.9 Å². The monoisotopic (exact) mass is 370 g/mol. The number of hydrogen-bond acceptors (Lipinski definition) is 5. The highest BCUT2D eigenvalue weighted by molar-refractivity contribution is 5.76. The van der Waals surface area contributed by atoms with Crippen molar-refractivity contribution in [3.05, 3.63) is 18.5 Å². The molecule has 0 unspecified atom stereocenters. The Morgan fingerprint density at radius 1 is 1.23 bits per heavy atom. The van der Waals surface area contributed by atoms with Crippen LogP contribution >= 0.6 is 0 Å². The molecule has 1 N–H and O–H groups in total. The Labute approximate surface area is 148 Å². The first-order valence-electron chi connectivity index (χ1n) is 8.86. The van der Waals surface area contributed by atoms with Gasteiger partial charge < -0.3 is 19.4 Å². The van der Waals surface area contributed by atoms with Gasteiger partial charge in [-0.2, -0.15) is 18.2 Å². The molecule has 1 aliphatic carbocycles. The Hall–Kier alpha value is -1.87. The molecule has 0 atom stereocenters. The summed E-state index contributed by atoms with van der Waals surface area (Å²) in [4.78, 5) is 8.53. The van der Waals surface area contributed by atoms with Gasteiger partial charge in [-0.1, -0.05) is 0 Å². The SMILES string of the molecule is FC(F)(F)CCNc1ncc2ccn(C3CCC4(CC3)OCCO4)c2n1. The van der Waals surface area contributed by atoms with Gasteiger partial charge in [-0.05, 0) is 18.9 Å². The molecule has 9 heteroatoms. The van der Waals surface area contributed by atoms with Crippen molar-refractivity contribution in [3.63, 3.8) is 0 Å². The zero-order valence-corrected chi connectivity index (χ0v) is 14.3. The summed E-state index contributed by atoms with van der Waals surface area (Å²) < 4.78 is 50.5. The van der Waals surface area contributed by atoms with Crippen LogP contribution in [0.3, 0.4) is 0 Å². The Bertz CT molecular complexity index is 761. The number of rotatable bonds is 4. The summed E-state index contributed by atoms with van der Waals surface area (Å²) in [6.45, 7) is 1.06. The van der Waals surface area contributed by atoms with E-state index in [9.17, 15) is 13.2 Å². The van der Waals surface area contributed by atoms with Crippen LogP contribution < -0.4 is 5.32 Å². The first-order valence-corrected chi connectivity index (χ1v) is 8.86. The van der Waals surface area contributed by atoms with Gasteiger partial charge >= 0.3 is 6.18 Å². The van der Waals surface area contributed by atoms with E-state index in [1.807, 2.05) is 12.3 Å². The van der Waals surface area contributed by atoms with Crippen LogP contribution in [0.25, 0.3) is 11.0 Å². The third-order valence-corrected chi connectivity index (χ3v) is 5.07. The van der Waals surface area contributed by atoms with Crippen molar-refractivity contribution in [2.45, 2.75) is 50.1 Å². The van der Waals surface area contributed by atoms with Gasteiger partial charge in [-0.3, -0.25) is 0 Å². The predicted molar refractivity (Wildman–Crippen MR) is 88.8 cm³/mol. The highest BCUT2D eigenvalue weighted by Gasteiger charge is 2.40. The van der Waals surface area contributed by atoms with Crippen molar-refractivity contribution in [2.75, 3.05) is 25.1 Å². The second kappa shape index (κ2) is 6.70. The molecule has 1 saturated heterocycles. The largest absolute Gasteiger partial charge is 0.390 e. The molecule has 1 aliphatic heterocycles. The number of fused-ring (bicyclic) bond motifs is 1. The van der Waals surface area contributed by atoms with Crippen LogP contribution in [0.15, 0.2) is 18.5 Å². The van der Waals surface area contributed by atoms with Gasteiger partial charge in [0.1, 0.15) is 5.65 Å². The maximum atomic E-state index is 12.3. The first-order chi connectivity index (χ1) is 12.4. The van der Waals surface area contributed by atoms with E-state index < -0.39 is 18.4 Å². The lowest BCUT2D eigenvalue weighted by atomic mass is 9.90. The number of alkyl halides is 3. The Kier molecular flexibility index (Phi) is 4.52. The van der Waals surface area contributed by atoms with E-state index in [-0.39, 0.29) is 18.5 Å². The van der Waals surface area contributed by atoms with E-state index in [1.54, 1.807) is 6.20 Å². The average molecular weight is 370 g/mol. The smallest absolute Gasteiger partial charge is 0.354 e. The van der Waals surface area contributed by atoms with E-state index >= 15 is 0 Å². The van der Waals surface area contributed by atoms with E-state index in [0.29, 0.717) is 13.2 Å². The molecular weight excluding hydrogens is 349 g/mol. The third-order valence-electron chi connectivity index (χ3n) is 5.07. The van der Waals surface area contributed by atoms with Gasteiger partial charge in [0.25, 0.3) is 0 Å². The molecule has 0 bridgehead atoms. The number of aromatic nitrogens is 3. The minimum Gasteiger partial charge on any atom is -0.354 e. The molecule has 142 valence electrons. The van der Waals surface area contributed by atoms with Gasteiger partial charge in [0.15, 0.2) is 5.79 Å². The lowest BCUT2D eigenvalue weighted by molar-refractivity contribution is -0.181. The average Bonchev–Trinajstić information content (AvgIpc) is 3.22. The zero-order valence-electron chi connectivity index (χ0n) is 14.3. The fraction of sp³-hybridized carbons (Fsp3) is 0.647. The first kappa shape index (κ1) is 17.5. The quantitative estimate of drug-likeness (QED) is 0.890. The van der Waals surface area contributed by atoms with E-state index in [0.717, 1.165) is 36.7 Å². The summed E-state index contributed by atoms with van der Waals surface area (Å²) in [5.74, 6) is -0.199. The van der Waals surface area contributed by atoms with Crippen molar-refractivity contribution in [1.82, 2.24) is 14.5 Å². The lowest BCUT2D eigenvalue weighted by Gasteiger charge is -2.36. The summed E-state index contributed by atoms with van der Waals surface area (Å²) in [6.07, 6.45) is 1.98. The summed E-state index contributed by atoms with van der Waals surface area (Å²) in [5, 5.41) is 3.53. The standard InChI is InChI=1S/C17H21F3N4O2/c18-17(19,20)6-7-21-15-22-11-12-3-8-24(14(12)23-15)13-1-4-16(5-2-13)25-9-10-26-16/h3,8,11,13H,1-2,4-7,9-10H2,(H,21,22,23). The molecule has 0 radical (unpaired) electrons. The van der Waals surface area contributed by atoms with Gasteiger partial charge in [0.2, 0.25) is 5.95 Å². The summed E-state index contributed by atoms with van der Waals surface area (Å²) in [6, 6.07) is 2.20. The zero-order chi connectivity index (χ0) is 18.2. The predicted octanol–water partition coefficient (Wildman–Crippen LogP) is 3.65. The van der Waals surface area contributed by atoms with Gasteiger partial charge in [-0.15, -0.1) is 0 Å². The third kappa shape index (κ3) is 3.64. The molecular formula is C17H21F3N4O2. The molecule has 0 amide bonds. The number of hydrogen-bond donors (Lipinski definition) is 1. The van der Waals surface area contributed by atoms with Crippen molar-refractivity contribution in [2.24, 2.45) is 0 Å². The maximum absolute atomic E-state index is 12.3. The normalized spacial score (nSPS) is 20.9. The number of halogens is 3. The van der Waals surface area contributed by atoms with E-state index in [4.69, 9.17) is 9.47 Å². The van der Waals surface area contributed by atoms with Crippen LogP contribution in [-0.4, -0.2) is 46.3 Å². The Morgan fingerprint density at radius 3 is 2.65 bits per heavy atom. The van der Waals surface area contributed by atoms with Crippen LogP contribution in [-0.2, 0) is 9.47 Å². The second-order valence-corrected chi connectivity index (χ2v) is 6.83. The number of ether oxygens (including phenoxy) is 2. The van der Waals surface area contributed by atoms with Crippen molar-refractivity contribution >= 4 is 17.0 Å². The molecule has 2 fully saturated rings. The van der Waals surface area contributed by atoms with Crippen molar-refractivity contribution in [3.8, 4) is 0 Å². The second-order valence-electron chi connectivity index (χ2n) is 6.83. The molecule has 1 saturated carbocycles. The molecule has 1 spiro atoms. The Balaban J connectivity index is 1.46. The highest BCUT2D eigenvalue weighted by atomic mass is 19.4. The van der Waals surface area contributed by atoms with E-state index in [1.165, 1.54) is 0 Å². The van der Waals surface area contributed by atoms with Crippen LogP contribution in [0.1, 0.15) is 38.1 Å². The summed E-state index contributed by atoms with van der Waals surface area (Å²) in [7, 11) is 0. The highest BCUT2D eigenvalue weighted by Crippen LogP contribution is 2.41. The number of nitrogens with zero attached hydrogens (tertiary/aromatic N) is 3. The Morgan fingerprint density at radius 2 is 1.96 bits per heavy atom. The van der Waals surface area contributed by atoms with Crippen molar-refractivity contribution in [1.29, 1.82) is 0 Å². The fourth-order valence-electron chi connectivity index (χ4n) is 3.74. The molecule has 26 heavy (non-hydrogen) atoms. The number of nitrogens with one attached hydrogen (secondary N) is 1. The maximum Gasteiger partial charge on any atom is 0.390 e. The van der Waals surface area contributed by atoms with Gasteiger partial charge in [0.05, 0.1) is 19.6 Å². The minimum atomic E-state index is -4.19. The number of anilines is 1. The molecule has 4 rings (SSSR count). The van der Waals surface area contributed by atoms with Crippen LogP contribution in [0.5, 0.6) is 0 Å². The molecule has 3 heterocycles. The molecule has 2 aromatic rings. The molecule has 2 aliphatic rings. The minimum absolute atomic E-state index is 0.219. The van der Waals surface area contributed by atoms with Crippen LogP contribution in [0.2, 0.25) is 0 Å². The summed E-state index contributed by atoms with van der Waals surface area (Å²) in [5.41, 5.74) is 0.740. The van der Waals surface area contributed by atoms with Crippen LogP contribution in [0, 0.1) is 0 Å². The van der Waals surface area contributed by atoms with Gasteiger partial charge in [-0.25, -0.2) is 4.98 Å². The molecule has 2 aromatic heterocycles. The van der Waals surface area contributed by atoms with Crippen molar-refractivity contribution < 1.29 is 22.6 Å². The van der Waals surface area contributed by atoms with Crippen LogP contribution in [0.4, 0.5) is 19.1 Å². The molecule has 0 aromatic carbocycles.